The first-order valence-corrected chi connectivity index (χ1v) is 13.9. The van der Waals surface area contributed by atoms with E-state index >= 15 is 0 Å². The first-order valence-electron chi connectivity index (χ1n) is 13.9. The standard InChI is InChI=1S/C34H37N3O5/c1-33(2,3)42-32(40)36-29(31(39)35-22-21-28-20-13-23-41-28)24-30(38)37-34(25-14-7-4-8-15-25,26-16-9-5-10-17-26)27-18-11-6-12-19-27/h4-20,23,29H,21-22,24H2,1-3H3,(H,35,39)(H,36,40)(H,37,38). The molecule has 42 heavy (non-hydrogen) atoms. The zero-order valence-corrected chi connectivity index (χ0v) is 24.1. The third kappa shape index (κ3) is 7.87. The smallest absolute Gasteiger partial charge is 0.408 e. The summed E-state index contributed by atoms with van der Waals surface area (Å²) >= 11 is 0. The Labute approximate surface area is 246 Å². The summed E-state index contributed by atoms with van der Waals surface area (Å²) in [5.41, 5.74) is 0.684. The Hall–Kier alpha value is -4.85. The van der Waals surface area contributed by atoms with Gasteiger partial charge in [-0.15, -0.1) is 0 Å². The average Bonchev–Trinajstić information content (AvgIpc) is 3.49. The van der Waals surface area contributed by atoms with Crippen LogP contribution in [0.2, 0.25) is 0 Å². The van der Waals surface area contributed by atoms with Gasteiger partial charge >= 0.3 is 6.09 Å². The normalized spacial score (nSPS) is 12.2. The van der Waals surface area contributed by atoms with E-state index in [1.54, 1.807) is 33.1 Å². The number of hydrogen-bond donors (Lipinski definition) is 3. The third-order valence-electron chi connectivity index (χ3n) is 6.60. The van der Waals surface area contributed by atoms with E-state index in [1.165, 1.54) is 0 Å². The Morgan fingerprint density at radius 1 is 0.762 bits per heavy atom. The van der Waals surface area contributed by atoms with Crippen molar-refractivity contribution in [2.75, 3.05) is 6.54 Å². The predicted octanol–water partition coefficient (Wildman–Crippen LogP) is 5.33. The van der Waals surface area contributed by atoms with Gasteiger partial charge in [0.05, 0.1) is 12.7 Å². The van der Waals surface area contributed by atoms with Gasteiger partial charge in [-0.25, -0.2) is 4.79 Å². The fourth-order valence-corrected chi connectivity index (χ4v) is 4.77. The van der Waals surface area contributed by atoms with Crippen molar-refractivity contribution in [2.45, 2.75) is 50.8 Å². The molecule has 0 aliphatic rings. The van der Waals surface area contributed by atoms with E-state index in [-0.39, 0.29) is 13.0 Å². The first kappa shape index (κ1) is 30.1. The largest absolute Gasteiger partial charge is 0.469 e. The molecule has 1 atom stereocenters. The lowest BCUT2D eigenvalue weighted by Crippen LogP contribution is -2.53. The topological polar surface area (TPSA) is 110 Å². The van der Waals surface area contributed by atoms with E-state index < -0.39 is 35.1 Å². The van der Waals surface area contributed by atoms with E-state index in [0.29, 0.717) is 12.2 Å². The van der Waals surface area contributed by atoms with Crippen molar-refractivity contribution in [1.29, 1.82) is 0 Å². The monoisotopic (exact) mass is 567 g/mol. The highest BCUT2D eigenvalue weighted by molar-refractivity contribution is 5.91. The molecule has 3 N–H and O–H groups in total. The highest BCUT2D eigenvalue weighted by atomic mass is 16.6. The molecule has 1 heterocycles. The number of carbonyl (C=O) groups excluding carboxylic acids is 3. The van der Waals surface area contributed by atoms with Gasteiger partial charge in [-0.05, 0) is 49.6 Å². The molecule has 0 aliphatic carbocycles. The molecular weight excluding hydrogens is 530 g/mol. The van der Waals surface area contributed by atoms with Crippen LogP contribution in [0.4, 0.5) is 4.79 Å². The van der Waals surface area contributed by atoms with E-state index in [0.717, 1.165) is 16.7 Å². The van der Waals surface area contributed by atoms with E-state index in [9.17, 15) is 14.4 Å². The molecule has 218 valence electrons. The summed E-state index contributed by atoms with van der Waals surface area (Å²) in [5.74, 6) is -0.232. The van der Waals surface area contributed by atoms with Crippen molar-refractivity contribution < 1.29 is 23.5 Å². The summed E-state index contributed by atoms with van der Waals surface area (Å²) in [6.45, 7) is 5.45. The number of furan rings is 1. The van der Waals surface area contributed by atoms with E-state index in [4.69, 9.17) is 9.15 Å². The van der Waals surface area contributed by atoms with Crippen LogP contribution in [0.5, 0.6) is 0 Å². The van der Waals surface area contributed by atoms with Gasteiger partial charge in [0, 0.05) is 13.0 Å². The van der Waals surface area contributed by atoms with Gasteiger partial charge in [0.15, 0.2) is 0 Å². The van der Waals surface area contributed by atoms with E-state index in [1.807, 2.05) is 97.1 Å². The lowest BCUT2D eigenvalue weighted by atomic mass is 9.77. The van der Waals surface area contributed by atoms with Gasteiger partial charge in [-0.1, -0.05) is 91.0 Å². The van der Waals surface area contributed by atoms with Crippen LogP contribution in [0, 0.1) is 0 Å². The fourth-order valence-electron chi connectivity index (χ4n) is 4.77. The molecule has 0 spiro atoms. The molecule has 0 aliphatic heterocycles. The summed E-state index contributed by atoms with van der Waals surface area (Å²) in [6, 6.07) is 31.4. The van der Waals surface area contributed by atoms with Gasteiger partial charge in [0.2, 0.25) is 11.8 Å². The molecule has 0 radical (unpaired) electrons. The Bertz CT molecular complexity index is 1340. The zero-order valence-electron chi connectivity index (χ0n) is 24.1. The van der Waals surface area contributed by atoms with Crippen LogP contribution in [0.25, 0.3) is 0 Å². The molecule has 0 bridgehead atoms. The lowest BCUT2D eigenvalue weighted by molar-refractivity contribution is -0.129. The lowest BCUT2D eigenvalue weighted by Gasteiger charge is -2.37. The molecule has 0 saturated heterocycles. The predicted molar refractivity (Wildman–Crippen MR) is 161 cm³/mol. The summed E-state index contributed by atoms with van der Waals surface area (Å²) in [6.07, 6.45) is 0.915. The third-order valence-corrected chi connectivity index (χ3v) is 6.60. The van der Waals surface area contributed by atoms with Gasteiger partial charge in [-0.2, -0.15) is 0 Å². The highest BCUT2D eigenvalue weighted by Gasteiger charge is 2.39. The molecular formula is C34H37N3O5. The average molecular weight is 568 g/mol. The first-order chi connectivity index (χ1) is 20.2. The number of ether oxygens (including phenoxy) is 1. The summed E-state index contributed by atoms with van der Waals surface area (Å²) in [4.78, 5) is 39.9. The molecule has 3 aromatic carbocycles. The number of rotatable bonds is 11. The van der Waals surface area contributed by atoms with Crippen LogP contribution in [-0.4, -0.2) is 36.1 Å². The zero-order chi connectivity index (χ0) is 30.0. The second-order valence-corrected chi connectivity index (χ2v) is 10.9. The molecule has 8 nitrogen and oxygen atoms in total. The van der Waals surface area contributed by atoms with Crippen molar-refractivity contribution in [1.82, 2.24) is 16.0 Å². The molecule has 4 rings (SSSR count). The van der Waals surface area contributed by atoms with Crippen molar-refractivity contribution in [3.63, 3.8) is 0 Å². The number of nitrogens with one attached hydrogen (secondary N) is 3. The summed E-state index contributed by atoms with van der Waals surface area (Å²) < 4.78 is 10.7. The van der Waals surface area contributed by atoms with Gasteiger partial charge in [-0.3, -0.25) is 9.59 Å². The van der Waals surface area contributed by atoms with E-state index in [2.05, 4.69) is 16.0 Å². The minimum atomic E-state index is -1.18. The van der Waals surface area contributed by atoms with Gasteiger partial charge < -0.3 is 25.1 Å². The Balaban J connectivity index is 1.63. The molecule has 0 saturated carbocycles. The maximum atomic E-state index is 13.9. The molecule has 8 heteroatoms. The van der Waals surface area contributed by atoms with Gasteiger partial charge in [0.1, 0.15) is 22.9 Å². The van der Waals surface area contributed by atoms with Crippen molar-refractivity contribution in [3.05, 3.63) is 132 Å². The Morgan fingerprint density at radius 3 is 1.74 bits per heavy atom. The second kappa shape index (κ2) is 13.7. The van der Waals surface area contributed by atoms with Crippen molar-refractivity contribution in [3.8, 4) is 0 Å². The highest BCUT2D eigenvalue weighted by Crippen LogP contribution is 2.36. The van der Waals surface area contributed by atoms with Crippen LogP contribution in [0.15, 0.2) is 114 Å². The summed E-state index contributed by atoms with van der Waals surface area (Å²) in [5, 5.41) is 8.64. The molecule has 1 unspecified atom stereocenters. The van der Waals surface area contributed by atoms with Crippen LogP contribution < -0.4 is 16.0 Å². The maximum Gasteiger partial charge on any atom is 0.408 e. The summed E-state index contributed by atoms with van der Waals surface area (Å²) in [7, 11) is 0. The van der Waals surface area contributed by atoms with Crippen molar-refractivity contribution in [2.24, 2.45) is 0 Å². The van der Waals surface area contributed by atoms with Crippen LogP contribution in [0.3, 0.4) is 0 Å². The molecule has 4 aromatic rings. The molecule has 1 aromatic heterocycles. The fraction of sp³-hybridized carbons (Fsp3) is 0.265. The number of amides is 3. The minimum Gasteiger partial charge on any atom is -0.469 e. The number of hydrogen-bond acceptors (Lipinski definition) is 5. The maximum absolute atomic E-state index is 13.9. The van der Waals surface area contributed by atoms with Crippen LogP contribution >= 0.6 is 0 Å². The number of benzene rings is 3. The molecule has 0 fully saturated rings. The van der Waals surface area contributed by atoms with Gasteiger partial charge in [0.25, 0.3) is 0 Å². The van der Waals surface area contributed by atoms with Crippen LogP contribution in [0.1, 0.15) is 49.6 Å². The second-order valence-electron chi connectivity index (χ2n) is 10.9. The Morgan fingerprint density at radius 2 is 1.29 bits per heavy atom. The quantitative estimate of drug-likeness (QED) is 0.212. The Kier molecular flexibility index (Phi) is 9.81. The SMILES string of the molecule is CC(C)(C)OC(=O)NC(CC(=O)NC(c1ccccc1)(c1ccccc1)c1ccccc1)C(=O)NCCc1ccco1. The van der Waals surface area contributed by atoms with Crippen LogP contribution in [-0.2, 0) is 26.3 Å². The number of alkyl carbamates (subject to hydrolysis) is 1. The minimum absolute atomic E-state index is 0.266. The molecule has 3 amide bonds. The number of carbonyl (C=O) groups is 3. The van der Waals surface area contributed by atoms with Crippen molar-refractivity contribution >= 4 is 17.9 Å².